The molecule has 1 N–H and O–H groups in total. The Morgan fingerprint density at radius 1 is 1.05 bits per heavy atom. The predicted octanol–water partition coefficient (Wildman–Crippen LogP) is 3.75. The van der Waals surface area contributed by atoms with Crippen LogP contribution in [0.15, 0.2) is 36.4 Å². The minimum absolute atomic E-state index is 0.271. The Labute approximate surface area is 109 Å². The van der Waals surface area contributed by atoms with Crippen molar-refractivity contribution in [2.75, 3.05) is 0 Å². The Balaban J connectivity index is 2.44. The quantitative estimate of drug-likeness (QED) is 0.839. The van der Waals surface area contributed by atoms with Gasteiger partial charge in [-0.05, 0) is 23.6 Å². The van der Waals surface area contributed by atoms with E-state index in [1.807, 2.05) is 13.0 Å². The molecule has 19 heavy (non-hydrogen) atoms. The Morgan fingerprint density at radius 2 is 1.79 bits per heavy atom. The van der Waals surface area contributed by atoms with Crippen LogP contribution in [0, 0.1) is 17.5 Å². The smallest absolute Gasteiger partial charge is 0.194 e. The molecule has 2 aromatic carbocycles. The summed E-state index contributed by atoms with van der Waals surface area (Å²) in [5, 5.41) is 10.1. The Morgan fingerprint density at radius 3 is 2.47 bits per heavy atom. The summed E-state index contributed by atoms with van der Waals surface area (Å²) >= 11 is 0. The van der Waals surface area contributed by atoms with Crippen molar-refractivity contribution >= 4 is 0 Å². The van der Waals surface area contributed by atoms with Crippen LogP contribution in [0.2, 0.25) is 0 Å². The molecule has 0 fully saturated rings. The third kappa shape index (κ3) is 2.63. The minimum Gasteiger partial charge on any atom is -0.384 e. The van der Waals surface area contributed by atoms with Crippen LogP contribution >= 0.6 is 0 Å². The fourth-order valence-electron chi connectivity index (χ4n) is 1.91. The first-order valence-corrected chi connectivity index (χ1v) is 5.95. The number of benzene rings is 2. The fraction of sp³-hybridized carbons (Fsp3) is 0.200. The normalized spacial score (nSPS) is 12.5. The standard InChI is InChI=1S/C15H13F3O/c1-2-9-4-3-5-10(8-9)15(19)11-6-7-12(16)14(18)13(11)17/h3-8,15,19H,2H2,1H3. The maximum Gasteiger partial charge on any atom is 0.194 e. The van der Waals surface area contributed by atoms with Gasteiger partial charge in [-0.25, -0.2) is 13.2 Å². The minimum atomic E-state index is -1.57. The van der Waals surface area contributed by atoms with Crippen molar-refractivity contribution in [3.05, 3.63) is 70.5 Å². The number of aliphatic hydroxyl groups excluding tert-OH is 1. The van der Waals surface area contributed by atoms with E-state index in [2.05, 4.69) is 0 Å². The molecule has 0 spiro atoms. The molecule has 0 saturated carbocycles. The van der Waals surface area contributed by atoms with Gasteiger partial charge in [0.2, 0.25) is 0 Å². The van der Waals surface area contributed by atoms with Crippen LogP contribution < -0.4 is 0 Å². The van der Waals surface area contributed by atoms with Crippen LogP contribution in [0.3, 0.4) is 0 Å². The SMILES string of the molecule is CCc1cccc(C(O)c2ccc(F)c(F)c2F)c1. The molecule has 1 nitrogen and oxygen atoms in total. The van der Waals surface area contributed by atoms with Gasteiger partial charge in [0.15, 0.2) is 17.5 Å². The average molecular weight is 266 g/mol. The summed E-state index contributed by atoms with van der Waals surface area (Å²) in [7, 11) is 0. The van der Waals surface area contributed by atoms with Crippen LogP contribution in [-0.2, 0) is 6.42 Å². The number of aliphatic hydroxyl groups is 1. The summed E-state index contributed by atoms with van der Waals surface area (Å²) in [5.74, 6) is -4.19. The largest absolute Gasteiger partial charge is 0.384 e. The number of hydrogen-bond acceptors (Lipinski definition) is 1. The molecule has 4 heteroatoms. The maximum atomic E-state index is 13.6. The summed E-state index contributed by atoms with van der Waals surface area (Å²) in [6.07, 6.45) is -0.553. The second kappa shape index (κ2) is 5.45. The predicted molar refractivity (Wildman–Crippen MR) is 66.2 cm³/mol. The van der Waals surface area contributed by atoms with Crippen LogP contribution in [0.5, 0.6) is 0 Å². The van der Waals surface area contributed by atoms with Gasteiger partial charge in [-0.15, -0.1) is 0 Å². The van der Waals surface area contributed by atoms with Crippen molar-refractivity contribution in [1.82, 2.24) is 0 Å². The topological polar surface area (TPSA) is 20.2 Å². The summed E-state index contributed by atoms with van der Waals surface area (Å²) in [6.45, 7) is 1.95. The zero-order valence-corrected chi connectivity index (χ0v) is 10.3. The van der Waals surface area contributed by atoms with Crippen molar-refractivity contribution in [2.45, 2.75) is 19.4 Å². The summed E-state index contributed by atoms with van der Waals surface area (Å²) in [5.41, 5.74) is 1.15. The van der Waals surface area contributed by atoms with Gasteiger partial charge in [0.1, 0.15) is 6.10 Å². The lowest BCUT2D eigenvalue weighted by molar-refractivity contribution is 0.212. The highest BCUT2D eigenvalue weighted by molar-refractivity contribution is 5.34. The number of rotatable bonds is 3. The number of halogens is 3. The van der Waals surface area contributed by atoms with Gasteiger partial charge in [-0.3, -0.25) is 0 Å². The highest BCUT2D eigenvalue weighted by atomic mass is 19.2. The van der Waals surface area contributed by atoms with E-state index < -0.39 is 23.6 Å². The molecular formula is C15H13F3O. The van der Waals surface area contributed by atoms with Gasteiger partial charge in [0.05, 0.1) is 0 Å². The molecule has 1 atom stereocenters. The van der Waals surface area contributed by atoms with Gasteiger partial charge in [0, 0.05) is 5.56 Å². The van der Waals surface area contributed by atoms with Crippen molar-refractivity contribution in [3.8, 4) is 0 Å². The van der Waals surface area contributed by atoms with E-state index >= 15 is 0 Å². The zero-order chi connectivity index (χ0) is 14.0. The molecule has 1 unspecified atom stereocenters. The Bertz CT molecular complexity index is 596. The molecule has 0 amide bonds. The van der Waals surface area contributed by atoms with Gasteiger partial charge in [0.25, 0.3) is 0 Å². The molecule has 0 saturated heterocycles. The summed E-state index contributed by atoms with van der Waals surface area (Å²) in [6, 6.07) is 8.79. The van der Waals surface area contributed by atoms with Gasteiger partial charge in [-0.2, -0.15) is 0 Å². The third-order valence-corrected chi connectivity index (χ3v) is 3.03. The first-order chi connectivity index (χ1) is 9.04. The van der Waals surface area contributed by atoms with Crippen molar-refractivity contribution < 1.29 is 18.3 Å². The third-order valence-electron chi connectivity index (χ3n) is 3.03. The first kappa shape index (κ1) is 13.6. The van der Waals surface area contributed by atoms with E-state index in [1.165, 1.54) is 0 Å². The Hall–Kier alpha value is -1.81. The van der Waals surface area contributed by atoms with Crippen molar-refractivity contribution in [3.63, 3.8) is 0 Å². The van der Waals surface area contributed by atoms with Crippen LogP contribution in [0.4, 0.5) is 13.2 Å². The monoisotopic (exact) mass is 266 g/mol. The van der Waals surface area contributed by atoms with Crippen LogP contribution in [0.1, 0.15) is 29.7 Å². The average Bonchev–Trinajstić information content (AvgIpc) is 2.44. The van der Waals surface area contributed by atoms with Gasteiger partial charge >= 0.3 is 0 Å². The lowest BCUT2D eigenvalue weighted by Gasteiger charge is -2.14. The zero-order valence-electron chi connectivity index (χ0n) is 10.3. The first-order valence-electron chi connectivity index (χ1n) is 5.95. The fourth-order valence-corrected chi connectivity index (χ4v) is 1.91. The molecule has 0 bridgehead atoms. The van der Waals surface area contributed by atoms with E-state index in [0.29, 0.717) is 5.56 Å². The van der Waals surface area contributed by atoms with Crippen LogP contribution in [0.25, 0.3) is 0 Å². The number of hydrogen-bond donors (Lipinski definition) is 1. The van der Waals surface area contributed by atoms with E-state index in [-0.39, 0.29) is 5.56 Å². The molecule has 0 aromatic heterocycles. The summed E-state index contributed by atoms with van der Waals surface area (Å²) in [4.78, 5) is 0. The van der Waals surface area contributed by atoms with Crippen molar-refractivity contribution in [1.29, 1.82) is 0 Å². The molecule has 0 radical (unpaired) electrons. The molecule has 0 aliphatic carbocycles. The van der Waals surface area contributed by atoms with Crippen molar-refractivity contribution in [2.24, 2.45) is 0 Å². The molecule has 0 heterocycles. The van der Waals surface area contributed by atoms with E-state index in [9.17, 15) is 18.3 Å². The molecule has 100 valence electrons. The van der Waals surface area contributed by atoms with E-state index in [0.717, 1.165) is 24.1 Å². The highest BCUT2D eigenvalue weighted by Gasteiger charge is 2.20. The molecule has 2 rings (SSSR count). The second-order valence-corrected chi connectivity index (χ2v) is 4.27. The van der Waals surface area contributed by atoms with Gasteiger partial charge < -0.3 is 5.11 Å². The van der Waals surface area contributed by atoms with Crippen LogP contribution in [-0.4, -0.2) is 5.11 Å². The molecule has 0 aliphatic rings. The van der Waals surface area contributed by atoms with E-state index in [1.54, 1.807) is 18.2 Å². The number of aryl methyl sites for hydroxylation is 1. The second-order valence-electron chi connectivity index (χ2n) is 4.27. The highest BCUT2D eigenvalue weighted by Crippen LogP contribution is 2.27. The Kier molecular flexibility index (Phi) is 3.90. The van der Waals surface area contributed by atoms with Gasteiger partial charge in [-0.1, -0.05) is 37.3 Å². The lowest BCUT2D eigenvalue weighted by Crippen LogP contribution is -2.06. The summed E-state index contributed by atoms with van der Waals surface area (Å²) < 4.78 is 39.6. The maximum absolute atomic E-state index is 13.6. The molecule has 2 aromatic rings. The lowest BCUT2D eigenvalue weighted by atomic mass is 9.98. The molecular weight excluding hydrogens is 253 g/mol. The van der Waals surface area contributed by atoms with E-state index in [4.69, 9.17) is 0 Å². The molecule has 0 aliphatic heterocycles.